The number of amides is 1. The smallest absolute Gasteiger partial charge is 0.414 e. The molecule has 2 heterocycles. The summed E-state index contributed by atoms with van der Waals surface area (Å²) in [7, 11) is 0. The molecule has 0 unspecified atom stereocenters. The molecule has 1 N–H and O–H groups in total. The maximum Gasteiger partial charge on any atom is 0.414 e. The number of para-hydroxylation sites is 1. The van der Waals surface area contributed by atoms with Gasteiger partial charge in [0.05, 0.1) is 12.2 Å². The molecule has 2 aromatic carbocycles. The monoisotopic (exact) mass is 386 g/mol. The van der Waals surface area contributed by atoms with Crippen molar-refractivity contribution in [3.63, 3.8) is 0 Å². The molecule has 1 amide bonds. The van der Waals surface area contributed by atoms with Crippen LogP contribution >= 0.6 is 0 Å². The van der Waals surface area contributed by atoms with Crippen molar-refractivity contribution in [2.45, 2.75) is 19.1 Å². The summed E-state index contributed by atoms with van der Waals surface area (Å²) in [6.45, 7) is 2.91. The van der Waals surface area contributed by atoms with Gasteiger partial charge in [0, 0.05) is 19.6 Å². The first kappa shape index (κ1) is 18.7. The van der Waals surface area contributed by atoms with Gasteiger partial charge in [0.15, 0.2) is 11.6 Å². The number of carbonyl (C=O) groups excluding carboxylic acids is 1. The molecule has 1 fully saturated rings. The second-order valence-electron chi connectivity index (χ2n) is 7.06. The lowest BCUT2D eigenvalue weighted by molar-refractivity contribution is 0.0625. The first-order valence-electron chi connectivity index (χ1n) is 9.44. The standard InChI is InChI=1S/C21H23FN2O4/c22-18-5-1-2-7-20(18)28-14-16(25)13-23-9-8-17-15(12-23)4-3-6-19(17)24-10-11-27-21(24)26/h1-7,16,25H,8-14H2/t16-/m1/s1. The number of aliphatic hydroxyl groups excluding tert-OH is 1. The Balaban J connectivity index is 1.36. The van der Waals surface area contributed by atoms with Gasteiger partial charge < -0.3 is 14.6 Å². The Bertz CT molecular complexity index is 860. The predicted octanol–water partition coefficient (Wildman–Crippen LogP) is 2.58. The number of β-amino-alcohol motifs (C(OH)–C–C–N with tert-alkyl or cyclic N) is 1. The van der Waals surface area contributed by atoms with Crippen LogP contribution in [-0.4, -0.2) is 55.1 Å². The van der Waals surface area contributed by atoms with Gasteiger partial charge in [0.1, 0.15) is 19.3 Å². The van der Waals surface area contributed by atoms with Gasteiger partial charge in [-0.25, -0.2) is 9.18 Å². The second-order valence-corrected chi connectivity index (χ2v) is 7.06. The molecule has 148 valence electrons. The zero-order valence-electron chi connectivity index (χ0n) is 15.5. The van der Waals surface area contributed by atoms with Crippen LogP contribution in [0.25, 0.3) is 0 Å². The number of carbonyl (C=O) groups is 1. The predicted molar refractivity (Wildman–Crippen MR) is 102 cm³/mol. The third kappa shape index (κ3) is 3.95. The minimum absolute atomic E-state index is 0.0317. The van der Waals surface area contributed by atoms with E-state index in [2.05, 4.69) is 11.0 Å². The minimum atomic E-state index is -0.724. The van der Waals surface area contributed by atoms with Gasteiger partial charge in [0.25, 0.3) is 0 Å². The molecule has 0 aliphatic carbocycles. The third-order valence-electron chi connectivity index (χ3n) is 5.11. The van der Waals surface area contributed by atoms with E-state index < -0.39 is 11.9 Å². The van der Waals surface area contributed by atoms with Crippen LogP contribution in [-0.2, 0) is 17.7 Å². The zero-order valence-corrected chi connectivity index (χ0v) is 15.5. The first-order valence-corrected chi connectivity index (χ1v) is 9.44. The fourth-order valence-corrected chi connectivity index (χ4v) is 3.77. The number of rotatable bonds is 6. The number of fused-ring (bicyclic) bond motifs is 1. The lowest BCUT2D eigenvalue weighted by atomic mass is 9.97. The topological polar surface area (TPSA) is 62.2 Å². The molecule has 0 radical (unpaired) electrons. The average Bonchev–Trinajstić information content (AvgIpc) is 3.12. The molecule has 1 saturated heterocycles. The van der Waals surface area contributed by atoms with Gasteiger partial charge >= 0.3 is 6.09 Å². The number of benzene rings is 2. The first-order chi connectivity index (χ1) is 13.6. The molecule has 0 aromatic heterocycles. The normalized spacial score (nSPS) is 17.9. The van der Waals surface area contributed by atoms with Gasteiger partial charge in [-0.3, -0.25) is 9.80 Å². The molecule has 0 spiro atoms. The highest BCUT2D eigenvalue weighted by molar-refractivity contribution is 5.90. The highest BCUT2D eigenvalue weighted by atomic mass is 19.1. The van der Waals surface area contributed by atoms with Crippen molar-refractivity contribution in [1.29, 1.82) is 0 Å². The molecular weight excluding hydrogens is 363 g/mol. The molecule has 2 aliphatic heterocycles. The van der Waals surface area contributed by atoms with Crippen molar-refractivity contribution in [3.05, 3.63) is 59.4 Å². The largest absolute Gasteiger partial charge is 0.488 e. The summed E-state index contributed by atoms with van der Waals surface area (Å²) in [6.07, 6.45) is -0.231. The Hall–Kier alpha value is -2.64. The summed E-state index contributed by atoms with van der Waals surface area (Å²) in [5.74, 6) is -0.290. The van der Waals surface area contributed by atoms with Crippen LogP contribution in [0, 0.1) is 5.82 Å². The van der Waals surface area contributed by atoms with Gasteiger partial charge in [-0.15, -0.1) is 0 Å². The molecular formula is C21H23FN2O4. The number of hydrogen-bond acceptors (Lipinski definition) is 5. The van der Waals surface area contributed by atoms with Crippen molar-refractivity contribution in [2.24, 2.45) is 0 Å². The highest BCUT2D eigenvalue weighted by Crippen LogP contribution is 2.30. The molecule has 0 bridgehead atoms. The Morgan fingerprint density at radius 1 is 1.18 bits per heavy atom. The number of ether oxygens (including phenoxy) is 2. The van der Waals surface area contributed by atoms with E-state index in [4.69, 9.17) is 9.47 Å². The average molecular weight is 386 g/mol. The van der Waals surface area contributed by atoms with Crippen molar-refractivity contribution in [3.8, 4) is 5.75 Å². The van der Waals surface area contributed by atoms with E-state index in [1.807, 2.05) is 12.1 Å². The molecule has 0 saturated carbocycles. The number of hydrogen-bond donors (Lipinski definition) is 1. The van der Waals surface area contributed by atoms with Crippen molar-refractivity contribution in [2.75, 3.05) is 37.7 Å². The summed E-state index contributed by atoms with van der Waals surface area (Å²) >= 11 is 0. The fourth-order valence-electron chi connectivity index (χ4n) is 3.77. The summed E-state index contributed by atoms with van der Waals surface area (Å²) in [4.78, 5) is 15.7. The Morgan fingerprint density at radius 3 is 2.82 bits per heavy atom. The molecule has 6 nitrogen and oxygen atoms in total. The lowest BCUT2D eigenvalue weighted by Crippen LogP contribution is -2.39. The molecule has 7 heteroatoms. The summed E-state index contributed by atoms with van der Waals surface area (Å²) in [5.41, 5.74) is 3.23. The number of aliphatic hydroxyl groups is 1. The Labute approximate surface area is 163 Å². The molecule has 1 atom stereocenters. The van der Waals surface area contributed by atoms with E-state index in [1.165, 1.54) is 6.07 Å². The van der Waals surface area contributed by atoms with Crippen LogP contribution in [0.15, 0.2) is 42.5 Å². The molecule has 4 rings (SSSR count). The van der Waals surface area contributed by atoms with Crippen LogP contribution in [0.5, 0.6) is 5.75 Å². The highest BCUT2D eigenvalue weighted by Gasteiger charge is 2.28. The van der Waals surface area contributed by atoms with E-state index in [-0.39, 0.29) is 18.4 Å². The van der Waals surface area contributed by atoms with Crippen LogP contribution in [0.2, 0.25) is 0 Å². The molecule has 2 aromatic rings. The number of halogens is 1. The number of anilines is 1. The maximum atomic E-state index is 13.6. The van der Waals surface area contributed by atoms with E-state index in [1.54, 1.807) is 23.1 Å². The lowest BCUT2D eigenvalue weighted by Gasteiger charge is -2.32. The fraction of sp³-hybridized carbons (Fsp3) is 0.381. The SMILES string of the molecule is O=C1OCCN1c1cccc2c1CCN(C[C@@H](O)COc1ccccc1F)C2. The number of nitrogens with zero attached hydrogens (tertiary/aromatic N) is 2. The third-order valence-corrected chi connectivity index (χ3v) is 5.11. The van der Waals surface area contributed by atoms with E-state index in [9.17, 15) is 14.3 Å². The van der Waals surface area contributed by atoms with Gasteiger partial charge in [-0.2, -0.15) is 0 Å². The quantitative estimate of drug-likeness (QED) is 0.827. The van der Waals surface area contributed by atoms with Crippen molar-refractivity contribution < 1.29 is 23.8 Å². The summed E-state index contributed by atoms with van der Waals surface area (Å²) in [6, 6.07) is 12.1. The van der Waals surface area contributed by atoms with Gasteiger partial charge in [0.2, 0.25) is 0 Å². The van der Waals surface area contributed by atoms with E-state index in [0.717, 1.165) is 29.8 Å². The van der Waals surface area contributed by atoms with E-state index >= 15 is 0 Å². The zero-order chi connectivity index (χ0) is 19.5. The van der Waals surface area contributed by atoms with Gasteiger partial charge in [-0.1, -0.05) is 24.3 Å². The maximum absolute atomic E-state index is 13.6. The van der Waals surface area contributed by atoms with Crippen molar-refractivity contribution >= 4 is 11.8 Å². The van der Waals surface area contributed by atoms with Crippen LogP contribution < -0.4 is 9.64 Å². The van der Waals surface area contributed by atoms with Gasteiger partial charge in [-0.05, 0) is 35.7 Å². The van der Waals surface area contributed by atoms with Crippen LogP contribution in [0.1, 0.15) is 11.1 Å². The Kier molecular flexibility index (Phi) is 5.45. The Morgan fingerprint density at radius 2 is 2.04 bits per heavy atom. The summed E-state index contributed by atoms with van der Waals surface area (Å²) < 4.78 is 24.1. The number of cyclic esters (lactones) is 1. The minimum Gasteiger partial charge on any atom is -0.488 e. The second kappa shape index (κ2) is 8.16. The van der Waals surface area contributed by atoms with E-state index in [0.29, 0.717) is 26.2 Å². The van der Waals surface area contributed by atoms with Crippen LogP contribution in [0.3, 0.4) is 0 Å². The van der Waals surface area contributed by atoms with Crippen LogP contribution in [0.4, 0.5) is 14.9 Å². The molecule has 2 aliphatic rings. The molecule has 28 heavy (non-hydrogen) atoms. The van der Waals surface area contributed by atoms with Crippen molar-refractivity contribution in [1.82, 2.24) is 4.90 Å². The summed E-state index contributed by atoms with van der Waals surface area (Å²) in [5, 5.41) is 10.3.